The molecule has 3 heterocycles. The van der Waals surface area contributed by atoms with Gasteiger partial charge < -0.3 is 4.74 Å². The van der Waals surface area contributed by atoms with E-state index in [1.807, 2.05) is 24.3 Å². The normalized spacial score (nSPS) is 15.5. The van der Waals surface area contributed by atoms with Crippen molar-refractivity contribution in [1.82, 2.24) is 4.98 Å². The lowest BCUT2D eigenvalue weighted by Gasteiger charge is -2.10. The minimum Gasteiger partial charge on any atom is -0.468 e. The monoisotopic (exact) mass is 355 g/mol. The van der Waals surface area contributed by atoms with Crippen LogP contribution >= 0.6 is 11.3 Å². The van der Waals surface area contributed by atoms with Crippen molar-refractivity contribution in [3.63, 3.8) is 0 Å². The second kappa shape index (κ2) is 6.43. The highest BCUT2D eigenvalue weighted by atomic mass is 32.1. The lowest BCUT2D eigenvalue weighted by atomic mass is 9.96. The van der Waals surface area contributed by atoms with Gasteiger partial charge in [0, 0.05) is 22.4 Å². The van der Waals surface area contributed by atoms with E-state index in [4.69, 9.17) is 9.72 Å². The summed E-state index contributed by atoms with van der Waals surface area (Å²) in [4.78, 5) is 6.11. The number of fused-ring (bicyclic) bond motifs is 1. The molecule has 2 nitrogen and oxygen atoms in total. The number of pyridine rings is 1. The van der Waals surface area contributed by atoms with E-state index in [0.717, 1.165) is 23.6 Å². The highest BCUT2D eigenvalue weighted by molar-refractivity contribution is 7.10. The molecular weight excluding hydrogens is 338 g/mol. The summed E-state index contributed by atoms with van der Waals surface area (Å²) < 4.78 is 6.27. The van der Waals surface area contributed by atoms with Gasteiger partial charge in [0.05, 0.1) is 5.69 Å². The van der Waals surface area contributed by atoms with Crippen molar-refractivity contribution in [1.29, 1.82) is 0 Å². The van der Waals surface area contributed by atoms with Crippen LogP contribution in [0.1, 0.15) is 16.5 Å². The van der Waals surface area contributed by atoms with Crippen molar-refractivity contribution in [3.05, 3.63) is 94.7 Å². The quantitative estimate of drug-likeness (QED) is 0.439. The Bertz CT molecular complexity index is 1030. The van der Waals surface area contributed by atoms with Crippen LogP contribution < -0.4 is 4.74 Å². The van der Waals surface area contributed by atoms with Gasteiger partial charge >= 0.3 is 0 Å². The van der Waals surface area contributed by atoms with Gasteiger partial charge in [-0.15, -0.1) is 11.3 Å². The summed E-state index contributed by atoms with van der Waals surface area (Å²) in [6.07, 6.45) is 0.924. The van der Waals surface area contributed by atoms with E-state index in [9.17, 15) is 0 Å². The third-order valence-corrected chi connectivity index (χ3v) is 5.71. The lowest BCUT2D eigenvalue weighted by Crippen LogP contribution is -2.00. The van der Waals surface area contributed by atoms with E-state index in [1.165, 1.54) is 21.6 Å². The molecule has 0 saturated heterocycles. The first-order valence-corrected chi connectivity index (χ1v) is 9.61. The summed E-state index contributed by atoms with van der Waals surface area (Å²) in [5.41, 5.74) is 5.69. The molecule has 5 rings (SSSR count). The molecule has 0 amide bonds. The van der Waals surface area contributed by atoms with E-state index in [2.05, 4.69) is 60.0 Å². The molecule has 4 aromatic rings. The van der Waals surface area contributed by atoms with Crippen molar-refractivity contribution in [2.45, 2.75) is 12.5 Å². The molecule has 3 heteroatoms. The minimum atomic E-state index is 0.0611. The first-order valence-electron chi connectivity index (χ1n) is 8.73. The third-order valence-electron chi connectivity index (χ3n) is 4.74. The molecule has 1 aliphatic heterocycles. The largest absolute Gasteiger partial charge is 0.468 e. The molecule has 2 aromatic carbocycles. The predicted molar refractivity (Wildman–Crippen MR) is 107 cm³/mol. The molecule has 0 radical (unpaired) electrons. The van der Waals surface area contributed by atoms with E-state index < -0.39 is 0 Å². The molecule has 26 heavy (non-hydrogen) atoms. The Morgan fingerprint density at radius 2 is 1.58 bits per heavy atom. The van der Waals surface area contributed by atoms with Crippen molar-refractivity contribution in [2.24, 2.45) is 0 Å². The van der Waals surface area contributed by atoms with E-state index >= 15 is 0 Å². The average Bonchev–Trinajstić information content (AvgIpc) is 3.38. The summed E-state index contributed by atoms with van der Waals surface area (Å²) in [5, 5.41) is 2.10. The van der Waals surface area contributed by atoms with Crippen LogP contribution in [0.2, 0.25) is 0 Å². The topological polar surface area (TPSA) is 22.1 Å². The van der Waals surface area contributed by atoms with Crippen molar-refractivity contribution < 1.29 is 4.74 Å². The van der Waals surface area contributed by atoms with Crippen LogP contribution in [0, 0.1) is 0 Å². The first kappa shape index (κ1) is 15.4. The summed E-state index contributed by atoms with van der Waals surface area (Å²) in [6, 6.07) is 27.2. The zero-order valence-electron chi connectivity index (χ0n) is 14.1. The van der Waals surface area contributed by atoms with Gasteiger partial charge in [-0.3, -0.25) is 0 Å². The number of benzene rings is 2. The van der Waals surface area contributed by atoms with Crippen molar-refractivity contribution >= 4 is 11.3 Å². The molecule has 1 aliphatic rings. The molecule has 126 valence electrons. The second-order valence-electron chi connectivity index (χ2n) is 6.40. The number of hydrogen-bond acceptors (Lipinski definition) is 3. The fourth-order valence-corrected chi connectivity index (χ4v) is 4.22. The maximum Gasteiger partial charge on any atom is 0.218 e. The van der Waals surface area contributed by atoms with Crippen molar-refractivity contribution in [2.75, 3.05) is 0 Å². The molecule has 0 bridgehead atoms. The summed E-state index contributed by atoms with van der Waals surface area (Å²) in [6.45, 7) is 0. The van der Waals surface area contributed by atoms with Gasteiger partial charge in [0.25, 0.3) is 0 Å². The molecule has 0 spiro atoms. The van der Waals surface area contributed by atoms with Gasteiger partial charge in [0.1, 0.15) is 6.10 Å². The number of aromatic nitrogens is 1. The van der Waals surface area contributed by atoms with Crippen LogP contribution in [-0.4, -0.2) is 4.98 Å². The Morgan fingerprint density at radius 3 is 2.27 bits per heavy atom. The number of thiophene rings is 1. The number of rotatable bonds is 3. The van der Waals surface area contributed by atoms with Crippen LogP contribution in [0.5, 0.6) is 5.88 Å². The van der Waals surface area contributed by atoms with Crippen LogP contribution in [0.3, 0.4) is 0 Å². The van der Waals surface area contributed by atoms with Gasteiger partial charge in [-0.1, -0.05) is 66.7 Å². The third kappa shape index (κ3) is 2.71. The molecule has 1 atom stereocenters. The highest BCUT2D eigenvalue weighted by Gasteiger charge is 2.30. The van der Waals surface area contributed by atoms with Crippen LogP contribution in [0.4, 0.5) is 0 Å². The maximum absolute atomic E-state index is 6.27. The number of nitrogens with zero attached hydrogens (tertiary/aromatic N) is 1. The zero-order chi connectivity index (χ0) is 17.3. The molecule has 2 aromatic heterocycles. The Labute approximate surface area is 156 Å². The molecule has 0 aliphatic carbocycles. The Hall–Kier alpha value is -2.91. The van der Waals surface area contributed by atoms with Gasteiger partial charge in [-0.05, 0) is 28.6 Å². The van der Waals surface area contributed by atoms with E-state index in [1.54, 1.807) is 11.3 Å². The van der Waals surface area contributed by atoms with Gasteiger partial charge in [-0.25, -0.2) is 4.98 Å². The molecular formula is C23H17NOS. The highest BCUT2D eigenvalue weighted by Crippen LogP contribution is 2.43. The average molecular weight is 355 g/mol. The zero-order valence-corrected chi connectivity index (χ0v) is 14.9. The molecule has 0 saturated carbocycles. The Morgan fingerprint density at radius 1 is 0.846 bits per heavy atom. The van der Waals surface area contributed by atoms with Gasteiger partial charge in [0.15, 0.2) is 0 Å². The predicted octanol–water partition coefficient (Wildman–Crippen LogP) is 6.15. The Kier molecular flexibility index (Phi) is 3.80. The standard InChI is InChI=1S/C23H17NOS/c1-3-8-16(9-4-1)18-14-20(17-10-5-2-6-11-17)24-23-19(18)15-21(25-23)22-12-7-13-26-22/h1-14,21H,15H2. The maximum atomic E-state index is 6.27. The van der Waals surface area contributed by atoms with Crippen molar-refractivity contribution in [3.8, 4) is 28.3 Å². The van der Waals surface area contributed by atoms with Crippen LogP contribution in [-0.2, 0) is 6.42 Å². The molecule has 1 unspecified atom stereocenters. The van der Waals surface area contributed by atoms with E-state index in [-0.39, 0.29) is 6.10 Å². The Balaban J connectivity index is 1.66. The minimum absolute atomic E-state index is 0.0611. The number of hydrogen-bond donors (Lipinski definition) is 0. The van der Waals surface area contributed by atoms with Crippen LogP contribution in [0.15, 0.2) is 84.2 Å². The van der Waals surface area contributed by atoms with Gasteiger partial charge in [-0.2, -0.15) is 0 Å². The van der Waals surface area contributed by atoms with Gasteiger partial charge in [0.2, 0.25) is 5.88 Å². The summed E-state index contributed by atoms with van der Waals surface area (Å²) in [7, 11) is 0. The molecule has 0 N–H and O–H groups in total. The van der Waals surface area contributed by atoms with E-state index in [0.29, 0.717) is 0 Å². The number of ether oxygens (including phenoxy) is 1. The summed E-state index contributed by atoms with van der Waals surface area (Å²) >= 11 is 1.74. The smallest absolute Gasteiger partial charge is 0.218 e. The second-order valence-corrected chi connectivity index (χ2v) is 7.38. The lowest BCUT2D eigenvalue weighted by molar-refractivity contribution is 0.235. The summed E-state index contributed by atoms with van der Waals surface area (Å²) in [5.74, 6) is 0.767. The van der Waals surface area contributed by atoms with Crippen LogP contribution in [0.25, 0.3) is 22.4 Å². The first-order chi connectivity index (χ1) is 12.9. The fourth-order valence-electron chi connectivity index (χ4n) is 3.47. The fraction of sp³-hybridized carbons (Fsp3) is 0.0870. The SMILES string of the molecule is c1ccc(-c2cc(-c3ccccc3)c3c(n2)OC(c2cccs2)C3)cc1. The molecule has 0 fully saturated rings.